The molecule has 44 heavy (non-hydrogen) atoms. The molecule has 4 heterocycles. The van der Waals surface area contributed by atoms with Crippen LogP contribution >= 0.6 is 22.7 Å². The summed E-state index contributed by atoms with van der Waals surface area (Å²) in [5.41, 5.74) is 4.09. The van der Waals surface area contributed by atoms with Crippen molar-refractivity contribution >= 4 is 34.5 Å². The van der Waals surface area contributed by atoms with Crippen LogP contribution in [0.5, 0.6) is 0 Å². The largest absolute Gasteiger partial charge is 0.343 e. The molecule has 1 aliphatic rings. The molecule has 1 aliphatic heterocycles. The molecule has 0 unspecified atom stereocenters. The monoisotopic (exact) mass is 623 g/mol. The molecule has 9 heteroatoms. The zero-order valence-corrected chi connectivity index (χ0v) is 26.6. The van der Waals surface area contributed by atoms with E-state index in [1.807, 2.05) is 45.0 Å². The van der Waals surface area contributed by atoms with Crippen LogP contribution in [0.4, 0.5) is 0 Å². The van der Waals surface area contributed by atoms with Crippen molar-refractivity contribution in [3.05, 3.63) is 134 Å². The van der Waals surface area contributed by atoms with Gasteiger partial charge in [0.2, 0.25) is 0 Å². The second kappa shape index (κ2) is 14.2. The smallest absolute Gasteiger partial charge is 0.273 e. The highest BCUT2D eigenvalue weighted by atomic mass is 32.1. The van der Waals surface area contributed by atoms with E-state index in [1.54, 1.807) is 0 Å². The van der Waals surface area contributed by atoms with Gasteiger partial charge in [-0.05, 0) is 41.1 Å². The standard InChI is InChI=1S/C35H37N5O2S2/c1-2-17-40(35(42)31-16-10-23-43-31)24-29-15-9-18-39(29)25-32-36-30(26-44-32)34(41)38-21-19-37(20-22-38)33(27-11-5-3-6-12-27)28-13-7-4-8-14-28/h3-16,18,23,26,33H,2,17,19-22,24-25H2,1H3. The van der Waals surface area contributed by atoms with E-state index in [0.29, 0.717) is 38.4 Å². The van der Waals surface area contributed by atoms with Crippen molar-refractivity contribution in [2.75, 3.05) is 32.7 Å². The molecule has 5 aromatic rings. The van der Waals surface area contributed by atoms with E-state index < -0.39 is 0 Å². The molecule has 0 saturated carbocycles. The lowest BCUT2D eigenvalue weighted by molar-refractivity contribution is 0.0592. The predicted octanol–water partition coefficient (Wildman–Crippen LogP) is 6.65. The van der Waals surface area contributed by atoms with Crippen LogP contribution < -0.4 is 0 Å². The molecule has 3 aromatic heterocycles. The van der Waals surface area contributed by atoms with Gasteiger partial charge in [0.1, 0.15) is 10.7 Å². The zero-order valence-electron chi connectivity index (χ0n) is 24.9. The fourth-order valence-electron chi connectivity index (χ4n) is 5.88. The number of benzene rings is 2. The number of hydrogen-bond donors (Lipinski definition) is 0. The van der Waals surface area contributed by atoms with E-state index in [4.69, 9.17) is 4.98 Å². The quantitative estimate of drug-likeness (QED) is 0.165. The Bertz CT molecular complexity index is 1600. The number of thiophene rings is 1. The summed E-state index contributed by atoms with van der Waals surface area (Å²) in [6.07, 6.45) is 2.91. The van der Waals surface area contributed by atoms with E-state index in [0.717, 1.165) is 35.1 Å². The minimum Gasteiger partial charge on any atom is -0.343 e. The molecule has 1 fully saturated rings. The highest BCUT2D eigenvalue weighted by Gasteiger charge is 2.29. The lowest BCUT2D eigenvalue weighted by Crippen LogP contribution is -2.50. The summed E-state index contributed by atoms with van der Waals surface area (Å²) < 4.78 is 2.13. The normalized spacial score (nSPS) is 13.8. The minimum atomic E-state index is -0.00785. The summed E-state index contributed by atoms with van der Waals surface area (Å²) in [6, 6.07) is 29.2. The van der Waals surface area contributed by atoms with Gasteiger partial charge in [-0.15, -0.1) is 22.7 Å². The van der Waals surface area contributed by atoms with Gasteiger partial charge in [-0.2, -0.15) is 0 Å². The third-order valence-corrected chi connectivity index (χ3v) is 9.75. The van der Waals surface area contributed by atoms with Gasteiger partial charge in [-0.3, -0.25) is 14.5 Å². The van der Waals surface area contributed by atoms with Crippen LogP contribution in [0.3, 0.4) is 0 Å². The van der Waals surface area contributed by atoms with Crippen LogP contribution in [-0.2, 0) is 13.1 Å². The third-order valence-electron chi connectivity index (χ3n) is 8.06. The molecule has 2 aromatic carbocycles. The highest BCUT2D eigenvalue weighted by molar-refractivity contribution is 7.12. The Morgan fingerprint density at radius 2 is 1.57 bits per heavy atom. The number of nitrogens with zero attached hydrogens (tertiary/aromatic N) is 5. The molecular weight excluding hydrogens is 587 g/mol. The molecule has 226 valence electrons. The number of thiazole rings is 1. The molecule has 0 bridgehead atoms. The van der Waals surface area contributed by atoms with Crippen molar-refractivity contribution in [2.45, 2.75) is 32.5 Å². The number of piperazine rings is 1. The molecule has 0 N–H and O–H groups in total. The van der Waals surface area contributed by atoms with E-state index in [9.17, 15) is 9.59 Å². The van der Waals surface area contributed by atoms with Crippen LogP contribution in [0.25, 0.3) is 0 Å². The first-order valence-electron chi connectivity index (χ1n) is 15.1. The van der Waals surface area contributed by atoms with Crippen molar-refractivity contribution in [3.8, 4) is 0 Å². The van der Waals surface area contributed by atoms with Gasteiger partial charge in [0.05, 0.1) is 24.0 Å². The number of amides is 2. The van der Waals surface area contributed by atoms with Gasteiger partial charge >= 0.3 is 0 Å². The molecular formula is C35H37N5O2S2. The number of carbonyl (C=O) groups excluding carboxylic acids is 2. The maximum absolute atomic E-state index is 13.5. The Balaban J connectivity index is 1.09. The number of carbonyl (C=O) groups is 2. The fourth-order valence-corrected chi connectivity index (χ4v) is 7.34. The summed E-state index contributed by atoms with van der Waals surface area (Å²) in [7, 11) is 0. The highest BCUT2D eigenvalue weighted by Crippen LogP contribution is 2.30. The summed E-state index contributed by atoms with van der Waals surface area (Å²) >= 11 is 2.99. The first-order valence-corrected chi connectivity index (χ1v) is 16.9. The maximum Gasteiger partial charge on any atom is 0.273 e. The van der Waals surface area contributed by atoms with Gasteiger partial charge < -0.3 is 14.4 Å². The van der Waals surface area contributed by atoms with Crippen molar-refractivity contribution < 1.29 is 9.59 Å². The van der Waals surface area contributed by atoms with Gasteiger partial charge in [0, 0.05) is 50.0 Å². The van der Waals surface area contributed by atoms with E-state index in [1.165, 1.54) is 33.8 Å². The lowest BCUT2D eigenvalue weighted by Gasteiger charge is -2.39. The van der Waals surface area contributed by atoms with E-state index in [-0.39, 0.29) is 17.9 Å². The molecule has 0 spiro atoms. The maximum atomic E-state index is 13.5. The van der Waals surface area contributed by atoms with Gasteiger partial charge in [-0.25, -0.2) is 4.98 Å². The van der Waals surface area contributed by atoms with E-state index in [2.05, 4.69) is 83.1 Å². The SMILES string of the molecule is CCCN(Cc1cccn1Cc1nc(C(=O)N2CCN(C(c3ccccc3)c3ccccc3)CC2)cs1)C(=O)c1cccs1. The number of hydrogen-bond acceptors (Lipinski definition) is 6. The summed E-state index contributed by atoms with van der Waals surface area (Å²) in [5.74, 6) is 0.0576. The molecule has 7 nitrogen and oxygen atoms in total. The van der Waals surface area contributed by atoms with Crippen LogP contribution in [0.1, 0.15) is 61.4 Å². The van der Waals surface area contributed by atoms with Crippen LogP contribution in [0.2, 0.25) is 0 Å². The summed E-state index contributed by atoms with van der Waals surface area (Å²) in [6.45, 7) is 6.80. The molecule has 2 amide bonds. The number of aromatic nitrogens is 2. The van der Waals surface area contributed by atoms with Crippen LogP contribution in [0.15, 0.2) is 102 Å². The van der Waals surface area contributed by atoms with Crippen molar-refractivity contribution in [1.29, 1.82) is 0 Å². The summed E-state index contributed by atoms with van der Waals surface area (Å²) in [5, 5.41) is 4.70. The second-order valence-corrected chi connectivity index (χ2v) is 12.9. The fraction of sp³-hybridized carbons (Fsp3) is 0.286. The third kappa shape index (κ3) is 6.85. The second-order valence-electron chi connectivity index (χ2n) is 11.0. The molecule has 0 aliphatic carbocycles. The Morgan fingerprint density at radius 1 is 0.864 bits per heavy atom. The molecule has 0 radical (unpaired) electrons. The first kappa shape index (κ1) is 30.0. The molecule has 6 rings (SSSR count). The Hall–Kier alpha value is -4.05. The Morgan fingerprint density at radius 3 is 2.20 bits per heavy atom. The van der Waals surface area contributed by atoms with Crippen molar-refractivity contribution in [1.82, 2.24) is 24.3 Å². The van der Waals surface area contributed by atoms with Crippen LogP contribution in [-0.4, -0.2) is 68.8 Å². The van der Waals surface area contributed by atoms with Crippen molar-refractivity contribution in [2.24, 2.45) is 0 Å². The average molecular weight is 624 g/mol. The van der Waals surface area contributed by atoms with Gasteiger partial charge in [0.15, 0.2) is 0 Å². The molecule has 0 atom stereocenters. The zero-order chi connectivity index (χ0) is 30.3. The number of rotatable bonds is 11. The van der Waals surface area contributed by atoms with Crippen molar-refractivity contribution in [3.63, 3.8) is 0 Å². The van der Waals surface area contributed by atoms with Gasteiger partial charge in [-0.1, -0.05) is 73.7 Å². The topological polar surface area (TPSA) is 61.7 Å². The average Bonchev–Trinajstić information content (AvgIpc) is 3.86. The van der Waals surface area contributed by atoms with Gasteiger partial charge in [0.25, 0.3) is 11.8 Å². The molecule has 1 saturated heterocycles. The Kier molecular flexibility index (Phi) is 9.65. The lowest BCUT2D eigenvalue weighted by atomic mass is 9.96. The van der Waals surface area contributed by atoms with E-state index >= 15 is 0 Å². The minimum absolute atomic E-state index is 0.00785. The predicted molar refractivity (Wildman–Crippen MR) is 177 cm³/mol. The Labute approximate surface area is 267 Å². The first-order chi connectivity index (χ1) is 21.6. The van der Waals surface area contributed by atoms with Crippen LogP contribution in [0, 0.1) is 0 Å². The summed E-state index contributed by atoms with van der Waals surface area (Å²) in [4.78, 5) is 38.4.